The van der Waals surface area contributed by atoms with Gasteiger partial charge in [-0.3, -0.25) is 0 Å². The first-order chi connectivity index (χ1) is 5.45. The topological polar surface area (TPSA) is 24.1 Å². The first-order valence-electron chi connectivity index (χ1n) is 4.86. The molecule has 11 heavy (non-hydrogen) atoms. The van der Waals surface area contributed by atoms with E-state index < -0.39 is 0 Å². The van der Waals surface area contributed by atoms with Crippen molar-refractivity contribution in [3.8, 4) is 0 Å². The van der Waals surface area contributed by atoms with Crippen molar-refractivity contribution in [2.75, 3.05) is 26.2 Å². The first-order valence-corrected chi connectivity index (χ1v) is 4.86. The van der Waals surface area contributed by atoms with Crippen LogP contribution in [-0.2, 0) is 0 Å². The predicted molar refractivity (Wildman–Crippen MR) is 48.7 cm³/mol. The summed E-state index contributed by atoms with van der Waals surface area (Å²) in [6, 6.07) is 0. The zero-order valence-corrected chi connectivity index (χ0v) is 7.69. The Labute approximate surface area is 69.8 Å². The van der Waals surface area contributed by atoms with Crippen LogP contribution >= 0.6 is 0 Å². The quantitative estimate of drug-likeness (QED) is 0.543. The second-order valence-corrected chi connectivity index (χ2v) is 3.28. The minimum atomic E-state index is 0.928. The van der Waals surface area contributed by atoms with Gasteiger partial charge in [0.1, 0.15) is 0 Å². The summed E-state index contributed by atoms with van der Waals surface area (Å²) >= 11 is 0. The van der Waals surface area contributed by atoms with E-state index in [0.717, 1.165) is 11.8 Å². The van der Waals surface area contributed by atoms with Crippen LogP contribution in [0.4, 0.5) is 0 Å². The summed E-state index contributed by atoms with van der Waals surface area (Å²) < 4.78 is 0. The van der Waals surface area contributed by atoms with Gasteiger partial charge in [-0.1, -0.05) is 13.8 Å². The lowest BCUT2D eigenvalue weighted by atomic mass is 9.87. The standard InChI is InChI=1S/C7H14N2.C2H6/c1-6-2-8-4-7(1)5-9-3-6;1-2/h6-9H,1-5H2;1-2H3. The van der Waals surface area contributed by atoms with E-state index in [9.17, 15) is 0 Å². The van der Waals surface area contributed by atoms with E-state index in [0.29, 0.717) is 0 Å². The Morgan fingerprint density at radius 1 is 0.818 bits per heavy atom. The number of nitrogens with one attached hydrogen (secondary N) is 2. The maximum atomic E-state index is 3.45. The molecule has 2 aliphatic heterocycles. The fourth-order valence-corrected chi connectivity index (χ4v) is 1.93. The van der Waals surface area contributed by atoms with E-state index in [4.69, 9.17) is 0 Å². The predicted octanol–water partition coefficient (Wildman–Crippen LogP) is 0.841. The molecule has 0 aromatic carbocycles. The normalized spacial score (nSPS) is 35.5. The highest BCUT2D eigenvalue weighted by Crippen LogP contribution is 2.18. The lowest BCUT2D eigenvalue weighted by molar-refractivity contribution is 0.226. The van der Waals surface area contributed by atoms with E-state index in [1.807, 2.05) is 13.8 Å². The van der Waals surface area contributed by atoms with Crippen LogP contribution in [0.25, 0.3) is 0 Å². The molecule has 0 amide bonds. The molecule has 66 valence electrons. The summed E-state index contributed by atoms with van der Waals surface area (Å²) in [6.07, 6.45) is 1.46. The summed E-state index contributed by atoms with van der Waals surface area (Å²) in [4.78, 5) is 0. The molecule has 2 heterocycles. The van der Waals surface area contributed by atoms with E-state index >= 15 is 0 Å². The Hall–Kier alpha value is -0.0800. The summed E-state index contributed by atoms with van der Waals surface area (Å²) in [6.45, 7) is 8.96. The summed E-state index contributed by atoms with van der Waals surface area (Å²) in [7, 11) is 0. The van der Waals surface area contributed by atoms with E-state index in [1.54, 1.807) is 0 Å². The van der Waals surface area contributed by atoms with Gasteiger partial charge in [0, 0.05) is 0 Å². The van der Waals surface area contributed by atoms with Crippen LogP contribution in [0.15, 0.2) is 0 Å². The Kier molecular flexibility index (Phi) is 3.87. The third-order valence-electron chi connectivity index (χ3n) is 2.40. The van der Waals surface area contributed by atoms with Crippen molar-refractivity contribution in [1.29, 1.82) is 0 Å². The average Bonchev–Trinajstić information content (AvgIpc) is 2.08. The zero-order chi connectivity index (χ0) is 8.10. The molecule has 0 unspecified atom stereocenters. The third kappa shape index (κ3) is 2.46. The number of hydrogen-bond acceptors (Lipinski definition) is 2. The second kappa shape index (κ2) is 4.73. The van der Waals surface area contributed by atoms with Crippen molar-refractivity contribution in [1.82, 2.24) is 10.6 Å². The third-order valence-corrected chi connectivity index (χ3v) is 2.40. The fraction of sp³-hybridized carbons (Fsp3) is 1.00. The molecule has 0 atom stereocenters. The fourth-order valence-electron chi connectivity index (χ4n) is 1.93. The molecule has 2 bridgehead atoms. The molecule has 2 N–H and O–H groups in total. The highest BCUT2D eigenvalue weighted by molar-refractivity contribution is 4.83. The van der Waals surface area contributed by atoms with Gasteiger partial charge < -0.3 is 10.6 Å². The van der Waals surface area contributed by atoms with Gasteiger partial charge in [-0.05, 0) is 44.4 Å². The van der Waals surface area contributed by atoms with E-state index in [1.165, 1.54) is 32.6 Å². The van der Waals surface area contributed by atoms with Gasteiger partial charge in [0.25, 0.3) is 0 Å². The van der Waals surface area contributed by atoms with Crippen molar-refractivity contribution in [3.63, 3.8) is 0 Å². The monoisotopic (exact) mass is 156 g/mol. The molecule has 2 fully saturated rings. The van der Waals surface area contributed by atoms with E-state index in [-0.39, 0.29) is 0 Å². The maximum absolute atomic E-state index is 3.45. The Morgan fingerprint density at radius 2 is 1.18 bits per heavy atom. The Morgan fingerprint density at radius 3 is 1.45 bits per heavy atom. The number of hydrogen-bond donors (Lipinski definition) is 2. The second-order valence-electron chi connectivity index (χ2n) is 3.28. The Bertz CT molecular complexity index is 83.7. The highest BCUT2D eigenvalue weighted by atomic mass is 15.0. The van der Waals surface area contributed by atoms with Crippen LogP contribution in [0, 0.1) is 11.8 Å². The maximum Gasteiger partial charge on any atom is -0.000814 e. The number of piperidine rings is 2. The van der Waals surface area contributed by atoms with Crippen molar-refractivity contribution in [3.05, 3.63) is 0 Å². The molecule has 2 nitrogen and oxygen atoms in total. The minimum Gasteiger partial charge on any atom is -0.316 e. The lowest BCUT2D eigenvalue weighted by Gasteiger charge is -2.35. The van der Waals surface area contributed by atoms with Crippen LogP contribution < -0.4 is 10.6 Å². The summed E-state index contributed by atoms with van der Waals surface area (Å²) in [5.74, 6) is 1.86. The molecule has 0 radical (unpaired) electrons. The highest BCUT2D eigenvalue weighted by Gasteiger charge is 2.24. The van der Waals surface area contributed by atoms with Crippen LogP contribution in [0.1, 0.15) is 20.3 Å². The molecule has 0 aromatic rings. The van der Waals surface area contributed by atoms with Gasteiger partial charge in [0.05, 0.1) is 0 Å². The average molecular weight is 156 g/mol. The van der Waals surface area contributed by atoms with Crippen molar-refractivity contribution in [2.24, 2.45) is 11.8 Å². The SMILES string of the molecule is C1NCC2CNCC1C2.CC. The van der Waals surface area contributed by atoms with Gasteiger partial charge in [-0.15, -0.1) is 0 Å². The number of fused-ring (bicyclic) bond motifs is 2. The minimum absolute atomic E-state index is 0.928. The summed E-state index contributed by atoms with van der Waals surface area (Å²) in [5.41, 5.74) is 0. The molecule has 2 aliphatic rings. The first kappa shape index (κ1) is 9.01. The van der Waals surface area contributed by atoms with Gasteiger partial charge in [-0.2, -0.15) is 0 Å². The van der Waals surface area contributed by atoms with Crippen molar-refractivity contribution < 1.29 is 0 Å². The molecular weight excluding hydrogens is 136 g/mol. The zero-order valence-electron chi connectivity index (χ0n) is 7.69. The molecule has 2 rings (SSSR count). The van der Waals surface area contributed by atoms with Crippen LogP contribution in [0.5, 0.6) is 0 Å². The van der Waals surface area contributed by atoms with Crippen molar-refractivity contribution >= 4 is 0 Å². The number of rotatable bonds is 0. The Balaban J connectivity index is 0.000000281. The van der Waals surface area contributed by atoms with Gasteiger partial charge in [0.2, 0.25) is 0 Å². The molecule has 0 aromatic heterocycles. The van der Waals surface area contributed by atoms with Gasteiger partial charge in [-0.25, -0.2) is 0 Å². The van der Waals surface area contributed by atoms with Gasteiger partial charge >= 0.3 is 0 Å². The molecule has 0 saturated carbocycles. The van der Waals surface area contributed by atoms with Gasteiger partial charge in [0.15, 0.2) is 0 Å². The molecule has 2 heteroatoms. The molecular formula is C9H20N2. The molecule has 0 aliphatic carbocycles. The van der Waals surface area contributed by atoms with Crippen molar-refractivity contribution in [2.45, 2.75) is 20.3 Å². The smallest absolute Gasteiger partial charge is 0.000814 e. The molecule has 2 saturated heterocycles. The van der Waals surface area contributed by atoms with Crippen LogP contribution in [-0.4, -0.2) is 26.2 Å². The lowest BCUT2D eigenvalue weighted by Crippen LogP contribution is -2.49. The van der Waals surface area contributed by atoms with E-state index in [2.05, 4.69) is 10.6 Å². The van der Waals surface area contributed by atoms with Crippen LogP contribution in [0.3, 0.4) is 0 Å². The van der Waals surface area contributed by atoms with Crippen LogP contribution in [0.2, 0.25) is 0 Å². The largest absolute Gasteiger partial charge is 0.316 e. The summed E-state index contributed by atoms with van der Waals surface area (Å²) in [5, 5.41) is 6.89. The molecule has 0 spiro atoms.